The van der Waals surface area contributed by atoms with E-state index in [4.69, 9.17) is 17.3 Å². The molecule has 0 spiro atoms. The van der Waals surface area contributed by atoms with E-state index in [0.717, 1.165) is 10.2 Å². The topological polar surface area (TPSA) is 74.2 Å². The average Bonchev–Trinajstić information content (AvgIpc) is 2.10. The van der Waals surface area contributed by atoms with E-state index >= 15 is 0 Å². The first-order chi connectivity index (χ1) is 6.99. The van der Waals surface area contributed by atoms with Crippen LogP contribution in [-0.4, -0.2) is 21.3 Å². The number of nitrogens with zero attached hydrogens (tertiary/aromatic N) is 1. The number of rotatable bonds is 1. The van der Waals surface area contributed by atoms with Crippen LogP contribution in [0.1, 0.15) is 5.69 Å². The Morgan fingerprint density at radius 1 is 1.60 bits per heavy atom. The molecule has 0 saturated heterocycles. The Labute approximate surface area is 100 Å². The van der Waals surface area contributed by atoms with Gasteiger partial charge in [0.2, 0.25) is 0 Å². The van der Waals surface area contributed by atoms with E-state index in [0.29, 0.717) is 5.82 Å². The molecule has 0 atom stereocenters. The number of halogens is 1. The number of carboxylic acid groups (broad SMARTS) is 1. The highest BCUT2D eigenvalue weighted by Gasteiger charge is 2.03. The van der Waals surface area contributed by atoms with Crippen LogP contribution < -0.4 is 10.6 Å². The van der Waals surface area contributed by atoms with Crippen LogP contribution in [0.15, 0.2) is 16.6 Å². The molecule has 7 heteroatoms. The van der Waals surface area contributed by atoms with Crippen LogP contribution in [-0.2, 0) is 0 Å². The molecule has 0 aliphatic heterocycles. The van der Waals surface area contributed by atoms with Gasteiger partial charge >= 0.3 is 6.09 Å². The van der Waals surface area contributed by atoms with Crippen molar-refractivity contribution in [2.24, 2.45) is 0 Å². The molecule has 0 fully saturated rings. The summed E-state index contributed by atoms with van der Waals surface area (Å²) in [6.07, 6.45) is -1.21. The summed E-state index contributed by atoms with van der Waals surface area (Å²) in [4.78, 5) is 14.4. The van der Waals surface area contributed by atoms with Crippen molar-refractivity contribution in [3.63, 3.8) is 0 Å². The van der Waals surface area contributed by atoms with Crippen LogP contribution in [0.2, 0.25) is 0 Å². The zero-order chi connectivity index (χ0) is 11.4. The Morgan fingerprint density at radius 2 is 2.27 bits per heavy atom. The second kappa shape index (κ2) is 5.04. The largest absolute Gasteiger partial charge is 0.465 e. The predicted octanol–water partition coefficient (Wildman–Crippen LogP) is 2.12. The van der Waals surface area contributed by atoms with Crippen molar-refractivity contribution in [3.05, 3.63) is 22.3 Å². The summed E-state index contributed by atoms with van der Waals surface area (Å²) < 4.78 is 0.880. The fourth-order valence-electron chi connectivity index (χ4n) is 0.858. The minimum absolute atomic E-state index is 0.00303. The average molecular weight is 290 g/mol. The Kier molecular flexibility index (Phi) is 3.98. The van der Waals surface area contributed by atoms with Crippen molar-refractivity contribution in [3.8, 4) is 0 Å². The molecule has 80 valence electrons. The minimum Gasteiger partial charge on any atom is -0.465 e. The number of nitrogens with one attached hydrogen (secondary N) is 2. The fourth-order valence-corrected chi connectivity index (χ4v) is 1.27. The second-order valence-electron chi connectivity index (χ2n) is 2.65. The smallest absolute Gasteiger partial charge is 0.410 e. The van der Waals surface area contributed by atoms with Crippen molar-refractivity contribution >= 4 is 45.2 Å². The number of anilines is 1. The number of aromatic nitrogens is 1. The first kappa shape index (κ1) is 11.9. The van der Waals surface area contributed by atoms with Gasteiger partial charge in [0.05, 0.1) is 5.69 Å². The fraction of sp³-hybridized carbons (Fsp3) is 0.125. The normalized spacial score (nSPS) is 9.47. The van der Waals surface area contributed by atoms with Gasteiger partial charge < -0.3 is 10.4 Å². The monoisotopic (exact) mass is 289 g/mol. The molecular formula is C8H8BrN3O2S. The molecule has 0 saturated carbocycles. The zero-order valence-electron chi connectivity index (χ0n) is 7.74. The number of aryl methyl sites for hydroxylation is 1. The standard InChI is InChI=1S/C8H8BrN3O2S/c1-4-5(9)2-3-6(10-4)11-7(15)12-8(13)14/h2-3H,1H3,(H,13,14)(H2,10,11,12,15). The van der Waals surface area contributed by atoms with Gasteiger partial charge in [-0.1, -0.05) is 0 Å². The van der Waals surface area contributed by atoms with Crippen LogP contribution in [0.3, 0.4) is 0 Å². The molecular weight excluding hydrogens is 282 g/mol. The van der Waals surface area contributed by atoms with Gasteiger partial charge in [0, 0.05) is 4.47 Å². The van der Waals surface area contributed by atoms with Crippen molar-refractivity contribution in [2.75, 3.05) is 5.32 Å². The number of carbonyl (C=O) groups is 1. The lowest BCUT2D eigenvalue weighted by Crippen LogP contribution is -2.33. The van der Waals surface area contributed by atoms with Crippen molar-refractivity contribution in [1.82, 2.24) is 10.3 Å². The van der Waals surface area contributed by atoms with Crippen molar-refractivity contribution < 1.29 is 9.90 Å². The molecule has 1 amide bonds. The lowest BCUT2D eigenvalue weighted by molar-refractivity contribution is 0.200. The molecule has 0 aliphatic rings. The summed E-state index contributed by atoms with van der Waals surface area (Å²) in [5, 5.41) is 13.1. The zero-order valence-corrected chi connectivity index (χ0v) is 10.1. The van der Waals surface area contributed by atoms with E-state index in [1.54, 1.807) is 12.1 Å². The molecule has 1 aromatic heterocycles. The second-order valence-corrected chi connectivity index (χ2v) is 3.91. The molecule has 0 unspecified atom stereocenters. The SMILES string of the molecule is Cc1nc(NC(=S)NC(=O)O)ccc1Br. The van der Waals surface area contributed by atoms with Crippen LogP contribution >= 0.6 is 28.1 Å². The molecule has 0 aromatic carbocycles. The van der Waals surface area contributed by atoms with E-state index < -0.39 is 6.09 Å². The van der Waals surface area contributed by atoms with Gasteiger partial charge in [-0.05, 0) is 47.2 Å². The van der Waals surface area contributed by atoms with Crippen LogP contribution in [0.25, 0.3) is 0 Å². The van der Waals surface area contributed by atoms with Crippen molar-refractivity contribution in [2.45, 2.75) is 6.92 Å². The van der Waals surface area contributed by atoms with Gasteiger partial charge in [0.15, 0.2) is 5.11 Å². The Balaban J connectivity index is 2.69. The van der Waals surface area contributed by atoms with Crippen LogP contribution in [0.4, 0.5) is 10.6 Å². The van der Waals surface area contributed by atoms with Gasteiger partial charge in [0.1, 0.15) is 5.82 Å². The molecule has 15 heavy (non-hydrogen) atoms. The highest BCUT2D eigenvalue weighted by atomic mass is 79.9. The number of thiocarbonyl (C=S) groups is 1. The van der Waals surface area contributed by atoms with Crippen LogP contribution in [0, 0.1) is 6.92 Å². The summed E-state index contributed by atoms with van der Waals surface area (Å²) in [6.45, 7) is 1.82. The Morgan fingerprint density at radius 3 is 2.80 bits per heavy atom. The summed E-state index contributed by atoms with van der Waals surface area (Å²) in [6, 6.07) is 3.49. The maximum Gasteiger partial charge on any atom is 0.410 e. The van der Waals surface area contributed by atoms with E-state index in [2.05, 4.69) is 26.2 Å². The molecule has 0 radical (unpaired) electrons. The summed E-state index contributed by atoms with van der Waals surface area (Å²) >= 11 is 8.04. The predicted molar refractivity (Wildman–Crippen MR) is 64.1 cm³/mol. The van der Waals surface area contributed by atoms with E-state index in [1.165, 1.54) is 0 Å². The minimum atomic E-state index is -1.21. The van der Waals surface area contributed by atoms with Gasteiger partial charge in [-0.25, -0.2) is 9.78 Å². The highest BCUT2D eigenvalue weighted by molar-refractivity contribution is 9.10. The third kappa shape index (κ3) is 3.80. The Bertz CT molecular complexity index is 411. The van der Waals surface area contributed by atoms with E-state index in [1.807, 2.05) is 12.2 Å². The van der Waals surface area contributed by atoms with Crippen molar-refractivity contribution in [1.29, 1.82) is 0 Å². The van der Waals surface area contributed by atoms with E-state index in [9.17, 15) is 4.79 Å². The third-order valence-electron chi connectivity index (χ3n) is 1.48. The van der Waals surface area contributed by atoms with Gasteiger partial charge in [0.25, 0.3) is 0 Å². The van der Waals surface area contributed by atoms with Gasteiger partial charge in [-0.2, -0.15) is 0 Å². The summed E-state index contributed by atoms with van der Waals surface area (Å²) in [7, 11) is 0. The summed E-state index contributed by atoms with van der Waals surface area (Å²) in [5.41, 5.74) is 0.790. The number of amides is 1. The highest BCUT2D eigenvalue weighted by Crippen LogP contribution is 2.15. The molecule has 0 bridgehead atoms. The number of hydrogen-bond acceptors (Lipinski definition) is 3. The molecule has 5 nitrogen and oxygen atoms in total. The number of pyridine rings is 1. The molecule has 3 N–H and O–H groups in total. The lowest BCUT2D eigenvalue weighted by atomic mass is 10.4. The lowest BCUT2D eigenvalue weighted by Gasteiger charge is -2.07. The maximum atomic E-state index is 10.3. The molecule has 1 rings (SSSR count). The van der Waals surface area contributed by atoms with Gasteiger partial charge in [-0.15, -0.1) is 0 Å². The van der Waals surface area contributed by atoms with E-state index in [-0.39, 0.29) is 5.11 Å². The number of hydrogen-bond donors (Lipinski definition) is 3. The Hall–Kier alpha value is -1.21. The molecule has 1 aromatic rings. The molecule has 0 aliphatic carbocycles. The third-order valence-corrected chi connectivity index (χ3v) is 2.53. The first-order valence-corrected chi connectivity index (χ1v) is 5.13. The van der Waals surface area contributed by atoms with Crippen LogP contribution in [0.5, 0.6) is 0 Å². The summed E-state index contributed by atoms with van der Waals surface area (Å²) in [5.74, 6) is 0.495. The quantitative estimate of drug-likeness (QED) is 0.691. The molecule has 1 heterocycles. The maximum absolute atomic E-state index is 10.3. The van der Waals surface area contributed by atoms with Gasteiger partial charge in [-0.3, -0.25) is 5.32 Å². The first-order valence-electron chi connectivity index (χ1n) is 3.93.